The number of alkyl halides is 1. The van der Waals surface area contributed by atoms with E-state index >= 15 is 0 Å². The Bertz CT molecular complexity index is 1010. The molecule has 1 heterocycles. The van der Waals surface area contributed by atoms with Crippen molar-refractivity contribution in [3.63, 3.8) is 0 Å². The first-order valence-corrected chi connectivity index (χ1v) is 11.1. The van der Waals surface area contributed by atoms with Gasteiger partial charge in [0.25, 0.3) is 5.91 Å². The standard InChI is InChI=1S/C20H21ClFNO4S/c1-13(11-22)27-19-6-5-17(28(2,25)26)10-18(19)20(24)23-8-7-14-9-16(21)4-3-15(14)12-23/h3-6,9-10,13H,7-8,11-12H2,1-2H3/t13-/m0/s1. The summed E-state index contributed by atoms with van der Waals surface area (Å²) in [6.45, 7) is 1.67. The second-order valence-corrected chi connectivity index (χ2v) is 9.35. The molecule has 0 N–H and O–H groups in total. The summed E-state index contributed by atoms with van der Waals surface area (Å²) in [5, 5.41) is 0.648. The van der Waals surface area contributed by atoms with E-state index in [1.165, 1.54) is 18.2 Å². The van der Waals surface area contributed by atoms with Crippen LogP contribution < -0.4 is 4.74 Å². The molecule has 0 aliphatic carbocycles. The summed E-state index contributed by atoms with van der Waals surface area (Å²) in [6.07, 6.45) is 0.965. The van der Waals surface area contributed by atoms with Gasteiger partial charge < -0.3 is 9.64 Å². The molecule has 0 radical (unpaired) electrons. The lowest BCUT2D eigenvalue weighted by atomic mass is 9.99. The molecule has 0 fully saturated rings. The van der Waals surface area contributed by atoms with E-state index in [9.17, 15) is 17.6 Å². The number of nitrogens with zero attached hydrogens (tertiary/aromatic N) is 1. The van der Waals surface area contributed by atoms with Gasteiger partial charge in [-0.05, 0) is 54.8 Å². The number of carbonyl (C=O) groups is 1. The van der Waals surface area contributed by atoms with Crippen molar-refractivity contribution in [1.29, 1.82) is 0 Å². The Morgan fingerprint density at radius 1 is 1.25 bits per heavy atom. The molecule has 3 rings (SSSR count). The summed E-state index contributed by atoms with van der Waals surface area (Å²) < 4.78 is 42.3. The van der Waals surface area contributed by atoms with Gasteiger partial charge >= 0.3 is 0 Å². The molecule has 0 saturated heterocycles. The molecule has 28 heavy (non-hydrogen) atoms. The molecule has 0 saturated carbocycles. The molecule has 1 aliphatic heterocycles. The van der Waals surface area contributed by atoms with Gasteiger partial charge in [-0.25, -0.2) is 12.8 Å². The van der Waals surface area contributed by atoms with E-state index in [-0.39, 0.29) is 22.1 Å². The number of benzene rings is 2. The maximum absolute atomic E-state index is 13.2. The summed E-state index contributed by atoms with van der Waals surface area (Å²) in [5.74, 6) is -0.184. The van der Waals surface area contributed by atoms with Crippen molar-refractivity contribution in [2.45, 2.75) is 30.9 Å². The summed E-state index contributed by atoms with van der Waals surface area (Å²) in [7, 11) is -3.51. The molecule has 2 aromatic rings. The maximum atomic E-state index is 13.2. The minimum absolute atomic E-state index is 0.0142. The van der Waals surface area contributed by atoms with Crippen LogP contribution in [-0.4, -0.2) is 44.8 Å². The predicted octanol–water partition coefficient (Wildman–Crippen LogP) is 3.68. The first-order valence-electron chi connectivity index (χ1n) is 8.82. The lowest BCUT2D eigenvalue weighted by molar-refractivity contribution is 0.0726. The van der Waals surface area contributed by atoms with Gasteiger partial charge in [-0.1, -0.05) is 17.7 Å². The SMILES string of the molecule is C[C@@H](CF)Oc1ccc(S(C)(=O)=O)cc1C(=O)N1CCc2cc(Cl)ccc2C1. The molecule has 0 bridgehead atoms. The molecule has 2 aromatic carbocycles. The van der Waals surface area contributed by atoms with Gasteiger partial charge in [0.2, 0.25) is 0 Å². The number of ether oxygens (including phenoxy) is 1. The normalized spacial score (nSPS) is 15.1. The zero-order chi connectivity index (χ0) is 20.5. The van der Waals surface area contributed by atoms with Crippen LogP contribution >= 0.6 is 11.6 Å². The number of halogens is 2. The topological polar surface area (TPSA) is 63.7 Å². The van der Waals surface area contributed by atoms with Crippen LogP contribution in [0.4, 0.5) is 4.39 Å². The Morgan fingerprint density at radius 3 is 2.68 bits per heavy atom. The molecule has 0 aromatic heterocycles. The van der Waals surface area contributed by atoms with Crippen molar-refractivity contribution in [2.75, 3.05) is 19.5 Å². The quantitative estimate of drug-likeness (QED) is 0.733. The highest BCUT2D eigenvalue weighted by atomic mass is 35.5. The highest BCUT2D eigenvalue weighted by Crippen LogP contribution is 2.28. The van der Waals surface area contributed by atoms with E-state index in [1.807, 2.05) is 12.1 Å². The molecule has 1 amide bonds. The second kappa shape index (κ2) is 8.09. The molecule has 1 aliphatic rings. The Labute approximate surface area is 169 Å². The van der Waals surface area contributed by atoms with Crippen molar-refractivity contribution >= 4 is 27.3 Å². The number of fused-ring (bicyclic) bond motifs is 1. The minimum atomic E-state index is -3.51. The molecule has 5 nitrogen and oxygen atoms in total. The maximum Gasteiger partial charge on any atom is 0.257 e. The lowest BCUT2D eigenvalue weighted by Gasteiger charge is -2.30. The monoisotopic (exact) mass is 425 g/mol. The molecular weight excluding hydrogens is 405 g/mol. The fraction of sp³-hybridized carbons (Fsp3) is 0.350. The Hall–Kier alpha value is -2.12. The van der Waals surface area contributed by atoms with Crippen molar-refractivity contribution < 1.29 is 22.3 Å². The van der Waals surface area contributed by atoms with Crippen LogP contribution in [0.2, 0.25) is 5.02 Å². The zero-order valence-corrected chi connectivity index (χ0v) is 17.2. The first kappa shape index (κ1) is 20.6. The van der Waals surface area contributed by atoms with Crippen LogP contribution in [0.25, 0.3) is 0 Å². The van der Waals surface area contributed by atoms with Gasteiger partial charge in [0.05, 0.1) is 10.5 Å². The van der Waals surface area contributed by atoms with Crippen LogP contribution in [0.1, 0.15) is 28.4 Å². The third-order valence-electron chi connectivity index (χ3n) is 4.62. The average molecular weight is 426 g/mol. The largest absolute Gasteiger partial charge is 0.487 e. The Kier molecular flexibility index (Phi) is 5.95. The Balaban J connectivity index is 1.96. The highest BCUT2D eigenvalue weighted by molar-refractivity contribution is 7.90. The Morgan fingerprint density at radius 2 is 2.00 bits per heavy atom. The lowest BCUT2D eigenvalue weighted by Crippen LogP contribution is -2.36. The van der Waals surface area contributed by atoms with E-state index < -0.39 is 22.6 Å². The molecule has 0 spiro atoms. The molecule has 150 valence electrons. The van der Waals surface area contributed by atoms with Crippen LogP contribution in [0, 0.1) is 0 Å². The number of hydrogen-bond donors (Lipinski definition) is 0. The number of amides is 1. The van der Waals surface area contributed by atoms with Crippen LogP contribution in [0.5, 0.6) is 5.75 Å². The van der Waals surface area contributed by atoms with Gasteiger partial charge in [0, 0.05) is 24.4 Å². The highest BCUT2D eigenvalue weighted by Gasteiger charge is 2.26. The van der Waals surface area contributed by atoms with Gasteiger partial charge in [-0.2, -0.15) is 0 Å². The van der Waals surface area contributed by atoms with Gasteiger partial charge in [-0.15, -0.1) is 0 Å². The number of carbonyl (C=O) groups excluding carboxylic acids is 1. The summed E-state index contributed by atoms with van der Waals surface area (Å²) in [5.41, 5.74) is 2.19. The number of hydrogen-bond acceptors (Lipinski definition) is 4. The van der Waals surface area contributed by atoms with E-state index in [4.69, 9.17) is 16.3 Å². The van der Waals surface area contributed by atoms with Crippen LogP contribution in [-0.2, 0) is 22.8 Å². The summed E-state index contributed by atoms with van der Waals surface area (Å²) in [6, 6.07) is 9.62. The fourth-order valence-electron chi connectivity index (χ4n) is 3.12. The van der Waals surface area contributed by atoms with Crippen molar-refractivity contribution in [1.82, 2.24) is 4.90 Å². The van der Waals surface area contributed by atoms with Crippen LogP contribution in [0.15, 0.2) is 41.3 Å². The predicted molar refractivity (Wildman–Crippen MR) is 106 cm³/mol. The second-order valence-electron chi connectivity index (χ2n) is 6.90. The third-order valence-corrected chi connectivity index (χ3v) is 5.97. The van der Waals surface area contributed by atoms with E-state index in [2.05, 4.69) is 0 Å². The van der Waals surface area contributed by atoms with Crippen LogP contribution in [0.3, 0.4) is 0 Å². The third kappa shape index (κ3) is 4.47. The van der Waals surface area contributed by atoms with E-state index in [1.54, 1.807) is 17.9 Å². The smallest absolute Gasteiger partial charge is 0.257 e. The summed E-state index contributed by atoms with van der Waals surface area (Å²) >= 11 is 6.03. The minimum Gasteiger partial charge on any atom is -0.487 e. The molecule has 0 unspecified atom stereocenters. The van der Waals surface area contributed by atoms with Crippen molar-refractivity contribution in [2.24, 2.45) is 0 Å². The van der Waals surface area contributed by atoms with Crippen molar-refractivity contribution in [3.05, 3.63) is 58.1 Å². The first-order chi connectivity index (χ1) is 13.2. The summed E-state index contributed by atoms with van der Waals surface area (Å²) in [4.78, 5) is 14.8. The van der Waals surface area contributed by atoms with Crippen molar-refractivity contribution in [3.8, 4) is 5.75 Å². The average Bonchev–Trinajstić information content (AvgIpc) is 2.66. The zero-order valence-electron chi connectivity index (χ0n) is 15.6. The van der Waals surface area contributed by atoms with E-state index in [0.29, 0.717) is 24.5 Å². The van der Waals surface area contributed by atoms with E-state index in [0.717, 1.165) is 17.4 Å². The van der Waals surface area contributed by atoms with Gasteiger partial charge in [0.15, 0.2) is 9.84 Å². The molecule has 8 heteroatoms. The molecular formula is C20H21ClFNO4S. The van der Waals surface area contributed by atoms with Gasteiger partial charge in [-0.3, -0.25) is 4.79 Å². The fourth-order valence-corrected chi connectivity index (χ4v) is 3.96. The number of rotatable bonds is 5. The number of sulfone groups is 1. The molecule has 1 atom stereocenters. The van der Waals surface area contributed by atoms with Gasteiger partial charge in [0.1, 0.15) is 18.5 Å².